The highest BCUT2D eigenvalue weighted by Crippen LogP contribution is 2.26. The molecule has 0 fully saturated rings. The van der Waals surface area contributed by atoms with E-state index < -0.39 is 0 Å². The molecule has 0 saturated heterocycles. The van der Waals surface area contributed by atoms with E-state index in [2.05, 4.69) is 21.1 Å². The van der Waals surface area contributed by atoms with Gasteiger partial charge in [0, 0.05) is 11.8 Å². The molecule has 3 rings (SSSR count). The van der Waals surface area contributed by atoms with Crippen molar-refractivity contribution >= 4 is 23.4 Å². The summed E-state index contributed by atoms with van der Waals surface area (Å²) < 4.78 is 4.88. The third-order valence-corrected chi connectivity index (χ3v) is 3.47. The molecular weight excluding hydrogens is 284 g/mol. The number of nitrogens with zero attached hydrogens (tertiary/aromatic N) is 1. The number of carbonyl (C=O) groups excluding carboxylic acids is 2. The van der Waals surface area contributed by atoms with Crippen LogP contribution in [0.3, 0.4) is 0 Å². The van der Waals surface area contributed by atoms with Gasteiger partial charge in [-0.05, 0) is 31.0 Å². The molecule has 0 spiro atoms. The summed E-state index contributed by atoms with van der Waals surface area (Å²) in [4.78, 5) is 23.3. The molecule has 7 heteroatoms. The summed E-state index contributed by atoms with van der Waals surface area (Å²) in [5.41, 5.74) is 2.72. The minimum Gasteiger partial charge on any atom is -0.360 e. The number of amides is 3. The third-order valence-electron chi connectivity index (χ3n) is 3.47. The van der Waals surface area contributed by atoms with Crippen molar-refractivity contribution in [3.63, 3.8) is 0 Å². The Bertz CT molecular complexity index is 738. The molecule has 22 heavy (non-hydrogen) atoms. The van der Waals surface area contributed by atoms with Crippen LogP contribution in [0.15, 0.2) is 28.8 Å². The van der Waals surface area contributed by atoms with Crippen LogP contribution in [0, 0.1) is 6.92 Å². The predicted molar refractivity (Wildman–Crippen MR) is 80.6 cm³/mol. The highest BCUT2D eigenvalue weighted by atomic mass is 16.5. The van der Waals surface area contributed by atoms with Crippen LogP contribution in [0.4, 0.5) is 16.3 Å². The maximum absolute atomic E-state index is 11.9. The Balaban J connectivity index is 1.64. The number of urea groups is 1. The zero-order chi connectivity index (χ0) is 15.7. The van der Waals surface area contributed by atoms with Crippen molar-refractivity contribution in [2.75, 3.05) is 10.6 Å². The fourth-order valence-electron chi connectivity index (χ4n) is 2.38. The van der Waals surface area contributed by atoms with Crippen LogP contribution < -0.4 is 16.0 Å². The maximum Gasteiger partial charge on any atom is 0.320 e. The van der Waals surface area contributed by atoms with Crippen molar-refractivity contribution in [1.29, 1.82) is 0 Å². The average Bonchev–Trinajstić information content (AvgIpc) is 3.02. The Hall–Kier alpha value is -2.83. The molecule has 0 aliphatic carbocycles. The summed E-state index contributed by atoms with van der Waals surface area (Å²) >= 11 is 0. The van der Waals surface area contributed by atoms with Gasteiger partial charge in [-0.25, -0.2) is 4.79 Å². The monoisotopic (exact) mass is 300 g/mol. The minimum atomic E-state index is -0.365. The number of anilines is 2. The number of fused-ring (bicyclic) bond motifs is 1. The summed E-state index contributed by atoms with van der Waals surface area (Å²) in [6.07, 6.45) is 0.375. The van der Waals surface area contributed by atoms with Crippen molar-refractivity contribution in [2.45, 2.75) is 26.3 Å². The summed E-state index contributed by atoms with van der Waals surface area (Å²) in [6.45, 7) is 3.62. The summed E-state index contributed by atoms with van der Waals surface area (Å²) in [6, 6.07) is 6.74. The van der Waals surface area contributed by atoms with Crippen molar-refractivity contribution in [2.24, 2.45) is 0 Å². The number of aromatic nitrogens is 1. The maximum atomic E-state index is 11.9. The Morgan fingerprint density at radius 1 is 1.41 bits per heavy atom. The van der Waals surface area contributed by atoms with Gasteiger partial charge in [0.05, 0.1) is 12.5 Å². The number of hydrogen-bond donors (Lipinski definition) is 3. The van der Waals surface area contributed by atoms with Crippen LogP contribution in [0.1, 0.15) is 29.9 Å². The van der Waals surface area contributed by atoms with E-state index in [4.69, 9.17) is 4.52 Å². The number of carbonyl (C=O) groups is 2. The first kappa shape index (κ1) is 14.1. The quantitative estimate of drug-likeness (QED) is 0.810. The molecule has 2 aromatic rings. The Kier molecular flexibility index (Phi) is 3.54. The first-order valence-electron chi connectivity index (χ1n) is 6.95. The summed E-state index contributed by atoms with van der Waals surface area (Å²) in [5, 5.41) is 11.9. The van der Waals surface area contributed by atoms with E-state index in [1.807, 2.05) is 25.1 Å². The second-order valence-corrected chi connectivity index (χ2v) is 5.28. The molecule has 1 aromatic carbocycles. The third kappa shape index (κ3) is 2.93. The molecule has 1 aromatic heterocycles. The van der Waals surface area contributed by atoms with Crippen molar-refractivity contribution in [1.82, 2.24) is 10.5 Å². The largest absolute Gasteiger partial charge is 0.360 e. The zero-order valence-corrected chi connectivity index (χ0v) is 12.3. The fraction of sp³-hybridized carbons (Fsp3) is 0.267. The minimum absolute atomic E-state index is 0.00749. The Morgan fingerprint density at radius 3 is 2.95 bits per heavy atom. The summed E-state index contributed by atoms with van der Waals surface area (Å²) in [7, 11) is 0. The molecule has 0 unspecified atom stereocenters. The first-order chi connectivity index (χ1) is 10.5. The number of rotatable bonds is 3. The molecular formula is C15H16N4O3. The van der Waals surface area contributed by atoms with Gasteiger partial charge in [-0.3, -0.25) is 10.1 Å². The van der Waals surface area contributed by atoms with Gasteiger partial charge in [0.1, 0.15) is 5.76 Å². The van der Waals surface area contributed by atoms with Gasteiger partial charge in [0.25, 0.3) is 0 Å². The van der Waals surface area contributed by atoms with Gasteiger partial charge >= 0.3 is 6.03 Å². The van der Waals surface area contributed by atoms with Crippen molar-refractivity contribution < 1.29 is 14.1 Å². The molecule has 1 atom stereocenters. The number of hydrogen-bond acceptors (Lipinski definition) is 4. The molecule has 1 aliphatic rings. The fourth-order valence-corrected chi connectivity index (χ4v) is 2.38. The molecule has 0 radical (unpaired) electrons. The lowest BCUT2D eigenvalue weighted by Gasteiger charge is -2.15. The van der Waals surface area contributed by atoms with Gasteiger partial charge in [-0.2, -0.15) is 0 Å². The zero-order valence-electron chi connectivity index (χ0n) is 12.3. The predicted octanol–water partition coefficient (Wildman–Crippen LogP) is 2.36. The summed E-state index contributed by atoms with van der Waals surface area (Å²) in [5.74, 6) is 0.983. The van der Waals surface area contributed by atoms with Crippen LogP contribution in [-0.4, -0.2) is 17.1 Å². The molecule has 3 amide bonds. The van der Waals surface area contributed by atoms with Crippen molar-refractivity contribution in [3.05, 3.63) is 41.2 Å². The molecule has 0 bridgehead atoms. The molecule has 7 nitrogen and oxygen atoms in total. The van der Waals surface area contributed by atoms with E-state index in [1.54, 1.807) is 13.0 Å². The standard InChI is InChI=1S/C15H16N4O3/c1-8-5-13(19-22-8)18-15(21)16-9(2)10-3-4-12-11(6-10)7-14(20)17-12/h3-6,9H,7H2,1-2H3,(H,17,20)(H2,16,18,19,21)/t9-/m0/s1. The van der Waals surface area contributed by atoms with Crippen LogP contribution >= 0.6 is 0 Å². The van der Waals surface area contributed by atoms with Gasteiger partial charge in [-0.1, -0.05) is 17.3 Å². The molecule has 114 valence electrons. The Morgan fingerprint density at radius 2 is 2.23 bits per heavy atom. The first-order valence-corrected chi connectivity index (χ1v) is 6.95. The van der Waals surface area contributed by atoms with Gasteiger partial charge in [0.2, 0.25) is 5.91 Å². The van der Waals surface area contributed by atoms with Crippen LogP contribution in [0.2, 0.25) is 0 Å². The second-order valence-electron chi connectivity index (χ2n) is 5.28. The van der Waals surface area contributed by atoms with E-state index in [-0.39, 0.29) is 18.0 Å². The van der Waals surface area contributed by atoms with Gasteiger partial charge in [0.15, 0.2) is 5.82 Å². The highest BCUT2D eigenvalue weighted by molar-refractivity contribution is 5.99. The average molecular weight is 300 g/mol. The van der Waals surface area contributed by atoms with E-state index in [1.165, 1.54) is 0 Å². The SMILES string of the molecule is Cc1cc(NC(=O)N[C@@H](C)c2ccc3c(c2)CC(=O)N3)no1. The van der Waals surface area contributed by atoms with E-state index in [0.29, 0.717) is 18.0 Å². The van der Waals surface area contributed by atoms with E-state index in [9.17, 15) is 9.59 Å². The number of nitrogens with one attached hydrogen (secondary N) is 3. The van der Waals surface area contributed by atoms with Crippen molar-refractivity contribution in [3.8, 4) is 0 Å². The number of aryl methyl sites for hydroxylation is 1. The molecule has 0 saturated carbocycles. The van der Waals surface area contributed by atoms with E-state index >= 15 is 0 Å². The van der Waals surface area contributed by atoms with Crippen LogP contribution in [0.5, 0.6) is 0 Å². The molecule has 1 aliphatic heterocycles. The van der Waals surface area contributed by atoms with Gasteiger partial charge in [-0.15, -0.1) is 0 Å². The van der Waals surface area contributed by atoms with Crippen LogP contribution in [0.25, 0.3) is 0 Å². The van der Waals surface area contributed by atoms with Gasteiger partial charge < -0.3 is 15.2 Å². The lowest BCUT2D eigenvalue weighted by atomic mass is 10.0. The van der Waals surface area contributed by atoms with E-state index in [0.717, 1.165) is 16.8 Å². The smallest absolute Gasteiger partial charge is 0.320 e. The van der Waals surface area contributed by atoms with Crippen LogP contribution in [-0.2, 0) is 11.2 Å². The highest BCUT2D eigenvalue weighted by Gasteiger charge is 2.19. The normalized spacial score (nSPS) is 14.2. The Labute approximate surface area is 127 Å². The lowest BCUT2D eigenvalue weighted by Crippen LogP contribution is -2.31. The molecule has 2 heterocycles. The molecule has 3 N–H and O–H groups in total. The topological polar surface area (TPSA) is 96.3 Å². The lowest BCUT2D eigenvalue weighted by molar-refractivity contribution is -0.115. The second kappa shape index (κ2) is 5.51. The number of benzene rings is 1.